The van der Waals surface area contributed by atoms with Crippen LogP contribution in [0.2, 0.25) is 0 Å². The lowest BCUT2D eigenvalue weighted by Gasteiger charge is -2.01. The zero-order valence-corrected chi connectivity index (χ0v) is 7.23. The Morgan fingerprint density at radius 2 is 2.14 bits per heavy atom. The van der Waals surface area contributed by atoms with Gasteiger partial charge in [0, 0.05) is 6.08 Å². The van der Waals surface area contributed by atoms with E-state index in [1.807, 2.05) is 6.07 Å². The fourth-order valence-corrected chi connectivity index (χ4v) is 0.956. The second-order valence-electron chi connectivity index (χ2n) is 2.57. The summed E-state index contributed by atoms with van der Waals surface area (Å²) in [5.41, 5.74) is 6.30. The summed E-state index contributed by atoms with van der Waals surface area (Å²) in [6.45, 7) is 0. The van der Waals surface area contributed by atoms with Crippen LogP contribution < -0.4 is 5.73 Å². The van der Waals surface area contributed by atoms with Crippen molar-refractivity contribution in [3.63, 3.8) is 0 Å². The van der Waals surface area contributed by atoms with Crippen LogP contribution in [0.3, 0.4) is 0 Å². The standard InChI is InChI=1S/C10H7N3O/c11-4-3-8(6-12)7-1-2-9(13)10(14)5-7/h1-3,5,14H,13H2/b8-3+. The zero-order valence-electron chi connectivity index (χ0n) is 7.23. The minimum absolute atomic E-state index is 0.0958. The quantitative estimate of drug-likeness (QED) is 0.393. The maximum absolute atomic E-state index is 9.27. The van der Waals surface area contributed by atoms with Crippen molar-refractivity contribution in [3.8, 4) is 17.9 Å². The number of aromatic hydroxyl groups is 1. The number of allylic oxidation sites excluding steroid dienone is 2. The van der Waals surface area contributed by atoms with Crippen LogP contribution in [0.1, 0.15) is 5.56 Å². The molecule has 0 aliphatic heterocycles. The van der Waals surface area contributed by atoms with Crippen molar-refractivity contribution >= 4 is 11.3 Å². The molecule has 0 heterocycles. The minimum atomic E-state index is -0.0958. The second kappa shape index (κ2) is 3.97. The van der Waals surface area contributed by atoms with Gasteiger partial charge < -0.3 is 10.8 Å². The molecule has 4 heteroatoms. The van der Waals surface area contributed by atoms with Crippen LogP contribution in [-0.2, 0) is 0 Å². The van der Waals surface area contributed by atoms with E-state index in [1.54, 1.807) is 12.1 Å². The van der Waals surface area contributed by atoms with Gasteiger partial charge in [0.15, 0.2) is 0 Å². The van der Waals surface area contributed by atoms with E-state index in [2.05, 4.69) is 0 Å². The number of anilines is 1. The lowest BCUT2D eigenvalue weighted by Crippen LogP contribution is -1.87. The predicted molar refractivity (Wildman–Crippen MR) is 51.7 cm³/mol. The molecule has 14 heavy (non-hydrogen) atoms. The number of hydrogen-bond acceptors (Lipinski definition) is 4. The van der Waals surface area contributed by atoms with E-state index < -0.39 is 0 Å². The molecule has 0 aliphatic carbocycles. The summed E-state index contributed by atoms with van der Waals surface area (Å²) >= 11 is 0. The van der Waals surface area contributed by atoms with Crippen molar-refractivity contribution in [1.82, 2.24) is 0 Å². The fourth-order valence-electron chi connectivity index (χ4n) is 0.956. The van der Waals surface area contributed by atoms with Gasteiger partial charge in [0.25, 0.3) is 0 Å². The maximum Gasteiger partial charge on any atom is 0.139 e. The van der Waals surface area contributed by atoms with E-state index in [1.165, 1.54) is 12.1 Å². The summed E-state index contributed by atoms with van der Waals surface area (Å²) in [5.74, 6) is -0.0958. The van der Waals surface area contributed by atoms with Gasteiger partial charge in [-0.3, -0.25) is 0 Å². The van der Waals surface area contributed by atoms with E-state index in [4.69, 9.17) is 16.3 Å². The Morgan fingerprint density at radius 1 is 1.43 bits per heavy atom. The number of nitrogens with two attached hydrogens (primary N) is 1. The molecule has 1 aromatic rings. The van der Waals surface area contributed by atoms with Gasteiger partial charge in [0.1, 0.15) is 11.8 Å². The number of hydrogen-bond donors (Lipinski definition) is 2. The van der Waals surface area contributed by atoms with Gasteiger partial charge in [-0.2, -0.15) is 10.5 Å². The topological polar surface area (TPSA) is 93.8 Å². The molecule has 3 N–H and O–H groups in total. The molecule has 0 aromatic heterocycles. The SMILES string of the molecule is N#C/C=C(\C#N)c1ccc(N)c(O)c1. The number of nitrogens with zero attached hydrogens (tertiary/aromatic N) is 2. The van der Waals surface area contributed by atoms with Crippen molar-refractivity contribution in [2.24, 2.45) is 0 Å². The largest absolute Gasteiger partial charge is 0.506 e. The second-order valence-corrected chi connectivity index (χ2v) is 2.57. The summed E-state index contributed by atoms with van der Waals surface area (Å²) < 4.78 is 0. The lowest BCUT2D eigenvalue weighted by atomic mass is 10.1. The summed E-state index contributed by atoms with van der Waals surface area (Å²) in [6.07, 6.45) is 1.12. The number of rotatable bonds is 1. The van der Waals surface area contributed by atoms with Gasteiger partial charge >= 0.3 is 0 Å². The monoisotopic (exact) mass is 185 g/mol. The average molecular weight is 185 g/mol. The van der Waals surface area contributed by atoms with Gasteiger partial charge in [-0.15, -0.1) is 0 Å². The lowest BCUT2D eigenvalue weighted by molar-refractivity contribution is 0.478. The van der Waals surface area contributed by atoms with Gasteiger partial charge in [-0.05, 0) is 17.7 Å². The Balaban J connectivity index is 3.23. The molecule has 0 radical (unpaired) electrons. The van der Waals surface area contributed by atoms with Crippen LogP contribution in [0, 0.1) is 22.7 Å². The number of benzene rings is 1. The molecular formula is C10H7N3O. The molecule has 0 atom stereocenters. The van der Waals surface area contributed by atoms with Crippen molar-refractivity contribution in [3.05, 3.63) is 29.8 Å². The smallest absolute Gasteiger partial charge is 0.139 e. The number of nitriles is 2. The summed E-state index contributed by atoms with van der Waals surface area (Å²) in [5, 5.41) is 26.3. The molecule has 0 spiro atoms. The van der Waals surface area contributed by atoms with Crippen molar-refractivity contribution in [2.75, 3.05) is 5.73 Å². The highest BCUT2D eigenvalue weighted by atomic mass is 16.3. The van der Waals surface area contributed by atoms with E-state index in [0.717, 1.165) is 6.08 Å². The van der Waals surface area contributed by atoms with Crippen molar-refractivity contribution in [2.45, 2.75) is 0 Å². The molecule has 0 bridgehead atoms. The third-order valence-electron chi connectivity index (χ3n) is 1.67. The highest BCUT2D eigenvalue weighted by molar-refractivity contribution is 5.80. The van der Waals surface area contributed by atoms with Crippen LogP contribution >= 0.6 is 0 Å². The van der Waals surface area contributed by atoms with Crippen LogP contribution in [0.25, 0.3) is 5.57 Å². The molecular weight excluding hydrogens is 178 g/mol. The van der Waals surface area contributed by atoms with E-state index >= 15 is 0 Å². The van der Waals surface area contributed by atoms with Crippen molar-refractivity contribution in [1.29, 1.82) is 10.5 Å². The first kappa shape index (κ1) is 9.63. The zero-order chi connectivity index (χ0) is 10.6. The molecule has 0 aliphatic rings. The van der Waals surface area contributed by atoms with Crippen molar-refractivity contribution < 1.29 is 5.11 Å². The predicted octanol–water partition coefficient (Wildman–Crippen LogP) is 1.40. The van der Waals surface area contributed by atoms with E-state index in [0.29, 0.717) is 5.56 Å². The average Bonchev–Trinajstić information content (AvgIpc) is 2.19. The number of phenolic OH excluding ortho intramolecular Hbond substituents is 1. The van der Waals surface area contributed by atoms with Crippen LogP contribution in [0.15, 0.2) is 24.3 Å². The first-order chi connectivity index (χ1) is 6.69. The molecule has 0 amide bonds. The normalized spacial score (nSPS) is 10.3. The van der Waals surface area contributed by atoms with Gasteiger partial charge in [0.05, 0.1) is 17.3 Å². The van der Waals surface area contributed by atoms with Gasteiger partial charge in [0.2, 0.25) is 0 Å². The molecule has 0 saturated carbocycles. The highest BCUT2D eigenvalue weighted by Crippen LogP contribution is 2.24. The van der Waals surface area contributed by atoms with E-state index in [9.17, 15) is 5.11 Å². The summed E-state index contributed by atoms with van der Waals surface area (Å²) in [6, 6.07) is 8.01. The molecule has 1 aromatic carbocycles. The Hall–Kier alpha value is -2.46. The third-order valence-corrected chi connectivity index (χ3v) is 1.67. The first-order valence-electron chi connectivity index (χ1n) is 3.77. The summed E-state index contributed by atoms with van der Waals surface area (Å²) in [7, 11) is 0. The molecule has 4 nitrogen and oxygen atoms in total. The van der Waals surface area contributed by atoms with Crippen LogP contribution in [0.4, 0.5) is 5.69 Å². The molecule has 0 fully saturated rings. The molecule has 0 unspecified atom stereocenters. The Morgan fingerprint density at radius 3 is 2.64 bits per heavy atom. The molecule has 68 valence electrons. The Bertz CT molecular complexity index is 463. The minimum Gasteiger partial charge on any atom is -0.506 e. The Kier molecular flexibility index (Phi) is 2.73. The Labute approximate surface area is 81.1 Å². The molecule has 0 saturated heterocycles. The number of phenols is 1. The summed E-state index contributed by atoms with van der Waals surface area (Å²) in [4.78, 5) is 0. The third kappa shape index (κ3) is 1.82. The first-order valence-corrected chi connectivity index (χ1v) is 3.77. The van der Waals surface area contributed by atoms with Crippen LogP contribution in [-0.4, -0.2) is 5.11 Å². The van der Waals surface area contributed by atoms with Gasteiger partial charge in [-0.25, -0.2) is 0 Å². The highest BCUT2D eigenvalue weighted by Gasteiger charge is 2.03. The fraction of sp³-hybridized carbons (Fsp3) is 0. The maximum atomic E-state index is 9.27. The number of nitrogen functional groups attached to an aromatic ring is 1. The van der Waals surface area contributed by atoms with Gasteiger partial charge in [-0.1, -0.05) is 6.07 Å². The molecule has 1 rings (SSSR count). The van der Waals surface area contributed by atoms with E-state index in [-0.39, 0.29) is 17.0 Å². The van der Waals surface area contributed by atoms with Crippen LogP contribution in [0.5, 0.6) is 5.75 Å².